The third-order valence-corrected chi connectivity index (χ3v) is 6.11. The first-order valence-corrected chi connectivity index (χ1v) is 10.5. The number of nitrogens with zero attached hydrogens (tertiary/aromatic N) is 2. The SMILES string of the molecule is Cc1ccc(-c2nc3n(c2CNC(=O)c2ccc(I)cc2)CCS3)cc1. The van der Waals surface area contributed by atoms with E-state index in [4.69, 9.17) is 4.98 Å². The maximum atomic E-state index is 12.5. The van der Waals surface area contributed by atoms with E-state index in [1.807, 2.05) is 24.3 Å². The summed E-state index contributed by atoms with van der Waals surface area (Å²) >= 11 is 4.01. The topological polar surface area (TPSA) is 46.9 Å². The molecule has 1 aromatic heterocycles. The number of halogens is 1. The number of nitrogens with one attached hydrogen (secondary N) is 1. The largest absolute Gasteiger partial charge is 0.346 e. The van der Waals surface area contributed by atoms with Crippen molar-refractivity contribution in [1.29, 1.82) is 0 Å². The summed E-state index contributed by atoms with van der Waals surface area (Å²) in [5.74, 6) is 0.978. The number of aryl methyl sites for hydroxylation is 1. The van der Waals surface area contributed by atoms with Gasteiger partial charge in [-0.25, -0.2) is 4.98 Å². The third kappa shape index (κ3) is 3.53. The van der Waals surface area contributed by atoms with Gasteiger partial charge in [-0.05, 0) is 53.8 Å². The minimum atomic E-state index is -0.0579. The van der Waals surface area contributed by atoms with E-state index in [0.29, 0.717) is 12.1 Å². The van der Waals surface area contributed by atoms with E-state index in [2.05, 4.69) is 63.7 Å². The van der Waals surface area contributed by atoms with Crippen LogP contribution in [0.2, 0.25) is 0 Å². The maximum Gasteiger partial charge on any atom is 0.251 e. The average Bonchev–Trinajstić information content (AvgIpc) is 3.22. The molecule has 0 saturated carbocycles. The van der Waals surface area contributed by atoms with Crippen molar-refractivity contribution in [3.05, 3.63) is 68.9 Å². The molecule has 26 heavy (non-hydrogen) atoms. The number of amides is 1. The Morgan fingerprint density at radius 3 is 2.65 bits per heavy atom. The van der Waals surface area contributed by atoms with Crippen molar-refractivity contribution in [3.8, 4) is 11.3 Å². The van der Waals surface area contributed by atoms with E-state index >= 15 is 0 Å². The van der Waals surface area contributed by atoms with Crippen LogP contribution in [0.3, 0.4) is 0 Å². The van der Waals surface area contributed by atoms with Gasteiger partial charge in [0.05, 0.1) is 17.9 Å². The maximum absolute atomic E-state index is 12.5. The van der Waals surface area contributed by atoms with Gasteiger partial charge in [-0.2, -0.15) is 0 Å². The standard InChI is InChI=1S/C20H18IN3OS/c1-13-2-4-14(5-3-13)18-17(24-10-11-26-20(24)23-18)12-22-19(25)15-6-8-16(21)9-7-15/h2-9H,10-12H2,1H3,(H,22,25). The highest BCUT2D eigenvalue weighted by molar-refractivity contribution is 14.1. The Labute approximate surface area is 170 Å². The van der Waals surface area contributed by atoms with Crippen LogP contribution in [0, 0.1) is 10.5 Å². The number of carbonyl (C=O) groups excluding carboxylic acids is 1. The Morgan fingerprint density at radius 2 is 1.92 bits per heavy atom. The van der Waals surface area contributed by atoms with Crippen molar-refractivity contribution in [2.75, 3.05) is 5.75 Å². The van der Waals surface area contributed by atoms with Crippen LogP contribution in [0.1, 0.15) is 21.6 Å². The van der Waals surface area contributed by atoms with Crippen molar-refractivity contribution < 1.29 is 4.79 Å². The lowest BCUT2D eigenvalue weighted by molar-refractivity contribution is 0.0950. The van der Waals surface area contributed by atoms with Crippen LogP contribution in [-0.2, 0) is 13.1 Å². The lowest BCUT2D eigenvalue weighted by Gasteiger charge is -2.10. The van der Waals surface area contributed by atoms with Crippen LogP contribution in [0.25, 0.3) is 11.3 Å². The number of aromatic nitrogens is 2. The van der Waals surface area contributed by atoms with Gasteiger partial charge in [0.25, 0.3) is 5.91 Å². The molecule has 0 atom stereocenters. The minimum absolute atomic E-state index is 0.0579. The molecule has 0 fully saturated rings. The molecule has 2 aromatic carbocycles. The molecule has 3 aromatic rings. The number of hydrogen-bond donors (Lipinski definition) is 1. The molecule has 4 rings (SSSR count). The molecule has 0 spiro atoms. The highest BCUT2D eigenvalue weighted by atomic mass is 127. The summed E-state index contributed by atoms with van der Waals surface area (Å²) in [7, 11) is 0. The molecular formula is C20H18IN3OS. The molecule has 0 unspecified atom stereocenters. The predicted molar refractivity (Wildman–Crippen MR) is 113 cm³/mol. The number of thioether (sulfide) groups is 1. The lowest BCUT2D eigenvalue weighted by atomic mass is 10.1. The Balaban J connectivity index is 1.60. The highest BCUT2D eigenvalue weighted by Gasteiger charge is 2.23. The summed E-state index contributed by atoms with van der Waals surface area (Å²) in [4.78, 5) is 17.3. The summed E-state index contributed by atoms with van der Waals surface area (Å²) < 4.78 is 3.35. The molecule has 2 heterocycles. The molecule has 0 radical (unpaired) electrons. The Kier molecular flexibility index (Phi) is 5.04. The van der Waals surface area contributed by atoms with Gasteiger partial charge in [0.15, 0.2) is 5.16 Å². The lowest BCUT2D eigenvalue weighted by Crippen LogP contribution is -2.24. The fraction of sp³-hybridized carbons (Fsp3) is 0.200. The van der Waals surface area contributed by atoms with Gasteiger partial charge in [0.2, 0.25) is 0 Å². The van der Waals surface area contributed by atoms with Gasteiger partial charge in [-0.1, -0.05) is 41.6 Å². The molecule has 1 aliphatic rings. The fourth-order valence-electron chi connectivity index (χ4n) is 3.02. The van der Waals surface area contributed by atoms with Gasteiger partial charge < -0.3 is 9.88 Å². The predicted octanol–water partition coefficient (Wildman–Crippen LogP) is 4.50. The van der Waals surface area contributed by atoms with Crippen LogP contribution in [0.4, 0.5) is 0 Å². The molecule has 132 valence electrons. The second-order valence-corrected chi connectivity index (χ2v) is 8.55. The van der Waals surface area contributed by atoms with Crippen LogP contribution in [0.15, 0.2) is 53.7 Å². The molecule has 0 saturated heterocycles. The van der Waals surface area contributed by atoms with Gasteiger partial charge >= 0.3 is 0 Å². The zero-order chi connectivity index (χ0) is 18.1. The summed E-state index contributed by atoms with van der Waals surface area (Å²) in [5.41, 5.74) is 5.04. The molecule has 4 nitrogen and oxygen atoms in total. The van der Waals surface area contributed by atoms with Crippen molar-refractivity contribution >= 4 is 40.3 Å². The van der Waals surface area contributed by atoms with Gasteiger partial charge in [-0.3, -0.25) is 4.79 Å². The number of hydrogen-bond acceptors (Lipinski definition) is 3. The molecule has 0 aliphatic carbocycles. The molecule has 1 N–H and O–H groups in total. The summed E-state index contributed by atoms with van der Waals surface area (Å²) in [6.07, 6.45) is 0. The van der Waals surface area contributed by atoms with Crippen LogP contribution < -0.4 is 5.32 Å². The quantitative estimate of drug-likeness (QED) is 0.566. The zero-order valence-corrected chi connectivity index (χ0v) is 17.3. The van der Waals surface area contributed by atoms with Crippen molar-refractivity contribution in [3.63, 3.8) is 0 Å². The first-order chi connectivity index (χ1) is 12.6. The Morgan fingerprint density at radius 1 is 1.19 bits per heavy atom. The molecule has 1 aliphatic heterocycles. The highest BCUT2D eigenvalue weighted by Crippen LogP contribution is 2.33. The minimum Gasteiger partial charge on any atom is -0.346 e. The summed E-state index contributed by atoms with van der Waals surface area (Å²) in [5, 5.41) is 4.10. The van der Waals surface area contributed by atoms with E-state index in [1.165, 1.54) is 5.56 Å². The number of benzene rings is 2. The Bertz CT molecular complexity index is 948. The summed E-state index contributed by atoms with van der Waals surface area (Å²) in [6.45, 7) is 3.49. The second kappa shape index (κ2) is 7.44. The summed E-state index contributed by atoms with van der Waals surface area (Å²) in [6, 6.07) is 16.0. The van der Waals surface area contributed by atoms with Gasteiger partial charge in [0.1, 0.15) is 0 Å². The van der Waals surface area contributed by atoms with E-state index in [-0.39, 0.29) is 5.91 Å². The molecule has 1 amide bonds. The van der Waals surface area contributed by atoms with Gasteiger partial charge in [0, 0.05) is 27.0 Å². The van der Waals surface area contributed by atoms with Gasteiger partial charge in [-0.15, -0.1) is 0 Å². The number of carbonyl (C=O) groups is 1. The van der Waals surface area contributed by atoms with E-state index in [9.17, 15) is 4.79 Å². The first-order valence-electron chi connectivity index (χ1n) is 8.45. The normalized spacial score (nSPS) is 12.8. The van der Waals surface area contributed by atoms with Crippen LogP contribution in [-0.4, -0.2) is 21.2 Å². The number of imidazole rings is 1. The smallest absolute Gasteiger partial charge is 0.251 e. The average molecular weight is 475 g/mol. The fourth-order valence-corrected chi connectivity index (χ4v) is 4.35. The van der Waals surface area contributed by atoms with E-state index in [0.717, 1.165) is 38.0 Å². The monoisotopic (exact) mass is 475 g/mol. The van der Waals surface area contributed by atoms with E-state index < -0.39 is 0 Å². The van der Waals surface area contributed by atoms with Crippen LogP contribution >= 0.6 is 34.4 Å². The van der Waals surface area contributed by atoms with Crippen molar-refractivity contribution in [2.45, 2.75) is 25.2 Å². The number of fused-ring (bicyclic) bond motifs is 1. The third-order valence-electron chi connectivity index (χ3n) is 4.43. The molecule has 0 bridgehead atoms. The molecule has 6 heteroatoms. The van der Waals surface area contributed by atoms with Crippen molar-refractivity contribution in [2.24, 2.45) is 0 Å². The molecular weight excluding hydrogens is 457 g/mol. The Hall–Kier alpha value is -1.80. The van der Waals surface area contributed by atoms with E-state index in [1.54, 1.807) is 11.8 Å². The van der Waals surface area contributed by atoms with Crippen LogP contribution in [0.5, 0.6) is 0 Å². The zero-order valence-electron chi connectivity index (χ0n) is 14.3. The second-order valence-electron chi connectivity index (χ2n) is 6.25. The van der Waals surface area contributed by atoms with Crippen molar-refractivity contribution in [1.82, 2.24) is 14.9 Å². The first kappa shape index (κ1) is 17.6. The number of rotatable bonds is 4.